The summed E-state index contributed by atoms with van der Waals surface area (Å²) in [6.45, 7) is 4.36. The molecule has 0 heterocycles. The molecule has 1 aromatic rings. The molecule has 0 fully saturated rings. The van der Waals surface area contributed by atoms with E-state index in [0.717, 1.165) is 18.6 Å². The van der Waals surface area contributed by atoms with Gasteiger partial charge in [-0.05, 0) is 38.9 Å². The molecule has 0 aliphatic heterocycles. The van der Waals surface area contributed by atoms with Gasteiger partial charge < -0.3 is 15.4 Å². The van der Waals surface area contributed by atoms with Crippen molar-refractivity contribution in [1.29, 1.82) is 0 Å². The van der Waals surface area contributed by atoms with Gasteiger partial charge >= 0.3 is 0 Å². The molecule has 4 heteroatoms. The van der Waals surface area contributed by atoms with Gasteiger partial charge in [-0.1, -0.05) is 30.4 Å². The summed E-state index contributed by atoms with van der Waals surface area (Å²) in [7, 11) is 3.83. The molecule has 19 heavy (non-hydrogen) atoms. The van der Waals surface area contributed by atoms with Crippen molar-refractivity contribution in [3.05, 3.63) is 29.8 Å². The fourth-order valence-electron chi connectivity index (χ4n) is 2.20. The summed E-state index contributed by atoms with van der Waals surface area (Å²) in [5.74, 6) is 0.949. The lowest BCUT2D eigenvalue weighted by molar-refractivity contribution is 0.198. The highest BCUT2D eigenvalue weighted by atomic mass is 32.1. The Morgan fingerprint density at radius 2 is 1.95 bits per heavy atom. The fourth-order valence-corrected chi connectivity index (χ4v) is 2.44. The monoisotopic (exact) mass is 280 g/mol. The Kier molecular flexibility index (Phi) is 6.25. The Labute approximate surface area is 121 Å². The van der Waals surface area contributed by atoms with Crippen LogP contribution in [0.4, 0.5) is 0 Å². The molecule has 0 saturated heterocycles. The van der Waals surface area contributed by atoms with Gasteiger partial charge in [-0.15, -0.1) is 0 Å². The van der Waals surface area contributed by atoms with Crippen LogP contribution in [0.15, 0.2) is 24.3 Å². The molecule has 0 aliphatic rings. The summed E-state index contributed by atoms with van der Waals surface area (Å²) in [6.07, 6.45) is 1.70. The first-order valence-corrected chi connectivity index (χ1v) is 6.98. The average Bonchev–Trinajstić information content (AvgIpc) is 2.37. The molecular weight excluding hydrogens is 256 g/mol. The highest BCUT2D eigenvalue weighted by Crippen LogP contribution is 2.21. The van der Waals surface area contributed by atoms with Crippen molar-refractivity contribution in [2.24, 2.45) is 5.73 Å². The van der Waals surface area contributed by atoms with E-state index in [9.17, 15) is 0 Å². The maximum absolute atomic E-state index is 5.61. The Balaban J connectivity index is 2.68. The number of nitrogens with zero attached hydrogens (tertiary/aromatic N) is 1. The first-order chi connectivity index (χ1) is 8.95. The van der Waals surface area contributed by atoms with Crippen LogP contribution >= 0.6 is 12.2 Å². The summed E-state index contributed by atoms with van der Waals surface area (Å²) >= 11 is 4.98. The molecule has 106 valence electrons. The van der Waals surface area contributed by atoms with Crippen LogP contribution in [0, 0.1) is 0 Å². The van der Waals surface area contributed by atoms with Gasteiger partial charge in [0.1, 0.15) is 5.75 Å². The van der Waals surface area contributed by atoms with Crippen molar-refractivity contribution in [3.8, 4) is 5.75 Å². The number of likely N-dealkylation sites (N-methyl/N-ethyl adjacent to an activating group) is 1. The Bertz CT molecular complexity index is 422. The predicted molar refractivity (Wildman–Crippen MR) is 84.8 cm³/mol. The van der Waals surface area contributed by atoms with Crippen molar-refractivity contribution in [2.75, 3.05) is 14.2 Å². The SMILES string of the molecule is COc1ccccc1CC(C)N(C)C(C)CC(N)=S. The van der Waals surface area contributed by atoms with Crippen LogP contribution < -0.4 is 10.5 Å². The second-order valence-electron chi connectivity index (χ2n) is 5.05. The Hall–Kier alpha value is -1.13. The van der Waals surface area contributed by atoms with Gasteiger partial charge in [0, 0.05) is 18.5 Å². The topological polar surface area (TPSA) is 38.5 Å². The smallest absolute Gasteiger partial charge is 0.122 e. The van der Waals surface area contributed by atoms with Crippen LogP contribution in [0.1, 0.15) is 25.8 Å². The predicted octanol–water partition coefficient (Wildman–Crippen LogP) is 2.62. The van der Waals surface area contributed by atoms with Crippen molar-refractivity contribution in [3.63, 3.8) is 0 Å². The van der Waals surface area contributed by atoms with Crippen molar-refractivity contribution in [2.45, 2.75) is 38.8 Å². The number of hydrogen-bond acceptors (Lipinski definition) is 3. The standard InChI is InChI=1S/C15H24N2OS/c1-11(17(3)12(2)10-15(16)19)9-13-7-5-6-8-14(13)18-4/h5-8,11-12H,9-10H2,1-4H3,(H2,16,19). The molecule has 0 spiro atoms. The number of thiocarbonyl (C=S) groups is 1. The molecule has 0 amide bonds. The molecule has 2 N–H and O–H groups in total. The van der Waals surface area contributed by atoms with E-state index >= 15 is 0 Å². The minimum absolute atomic E-state index is 0.349. The van der Waals surface area contributed by atoms with Crippen LogP contribution in [0.5, 0.6) is 5.75 Å². The maximum Gasteiger partial charge on any atom is 0.122 e. The van der Waals surface area contributed by atoms with Gasteiger partial charge in [0.15, 0.2) is 0 Å². The van der Waals surface area contributed by atoms with Gasteiger partial charge in [-0.2, -0.15) is 0 Å². The number of rotatable bonds is 7. The van der Waals surface area contributed by atoms with E-state index in [2.05, 4.69) is 31.9 Å². The molecule has 0 saturated carbocycles. The first-order valence-electron chi connectivity index (χ1n) is 6.57. The third-order valence-electron chi connectivity index (χ3n) is 3.59. The van der Waals surface area contributed by atoms with Crippen LogP contribution in [0.2, 0.25) is 0 Å². The van der Waals surface area contributed by atoms with E-state index < -0.39 is 0 Å². The van der Waals surface area contributed by atoms with E-state index in [0.29, 0.717) is 17.1 Å². The van der Waals surface area contributed by atoms with Crippen molar-refractivity contribution >= 4 is 17.2 Å². The van der Waals surface area contributed by atoms with Gasteiger partial charge in [0.2, 0.25) is 0 Å². The average molecular weight is 280 g/mol. The van der Waals surface area contributed by atoms with E-state index in [1.807, 2.05) is 18.2 Å². The van der Waals surface area contributed by atoms with E-state index in [4.69, 9.17) is 22.7 Å². The van der Waals surface area contributed by atoms with Crippen LogP contribution in [0.25, 0.3) is 0 Å². The van der Waals surface area contributed by atoms with Crippen LogP contribution in [-0.4, -0.2) is 36.1 Å². The molecule has 2 unspecified atom stereocenters. The molecule has 1 aromatic carbocycles. The van der Waals surface area contributed by atoms with Gasteiger partial charge in [0.25, 0.3) is 0 Å². The van der Waals surface area contributed by atoms with Crippen LogP contribution in [-0.2, 0) is 6.42 Å². The normalized spacial score (nSPS) is 14.2. The zero-order valence-corrected chi connectivity index (χ0v) is 13.0. The van der Waals surface area contributed by atoms with E-state index in [1.54, 1.807) is 7.11 Å². The third-order valence-corrected chi connectivity index (χ3v) is 3.76. The second-order valence-corrected chi connectivity index (χ2v) is 5.57. The zero-order chi connectivity index (χ0) is 14.4. The highest BCUT2D eigenvalue weighted by molar-refractivity contribution is 7.80. The summed E-state index contributed by atoms with van der Waals surface area (Å²) in [5.41, 5.74) is 6.84. The number of para-hydroxylation sites is 1. The van der Waals surface area contributed by atoms with E-state index in [1.165, 1.54) is 5.56 Å². The van der Waals surface area contributed by atoms with Gasteiger partial charge in [-0.3, -0.25) is 0 Å². The van der Waals surface area contributed by atoms with Crippen molar-refractivity contribution in [1.82, 2.24) is 4.90 Å². The number of methoxy groups -OCH3 is 1. The van der Waals surface area contributed by atoms with E-state index in [-0.39, 0.29) is 0 Å². The summed E-state index contributed by atoms with van der Waals surface area (Å²) in [6, 6.07) is 8.90. The molecule has 3 nitrogen and oxygen atoms in total. The maximum atomic E-state index is 5.61. The summed E-state index contributed by atoms with van der Waals surface area (Å²) in [5, 5.41) is 0. The lowest BCUT2D eigenvalue weighted by Crippen LogP contribution is -2.40. The first kappa shape index (κ1) is 15.9. The molecule has 0 aliphatic carbocycles. The minimum atomic E-state index is 0.349. The Morgan fingerprint density at radius 3 is 2.53 bits per heavy atom. The third kappa shape index (κ3) is 4.80. The largest absolute Gasteiger partial charge is 0.496 e. The van der Waals surface area contributed by atoms with Crippen molar-refractivity contribution < 1.29 is 4.74 Å². The minimum Gasteiger partial charge on any atom is -0.496 e. The molecule has 2 atom stereocenters. The molecular formula is C15H24N2OS. The van der Waals surface area contributed by atoms with Gasteiger partial charge in [0.05, 0.1) is 12.1 Å². The highest BCUT2D eigenvalue weighted by Gasteiger charge is 2.18. The quantitative estimate of drug-likeness (QED) is 0.779. The summed E-state index contributed by atoms with van der Waals surface area (Å²) in [4.78, 5) is 2.88. The van der Waals surface area contributed by atoms with Gasteiger partial charge in [-0.25, -0.2) is 0 Å². The Morgan fingerprint density at radius 1 is 1.32 bits per heavy atom. The summed E-state index contributed by atoms with van der Waals surface area (Å²) < 4.78 is 5.39. The molecule has 1 rings (SSSR count). The lowest BCUT2D eigenvalue weighted by atomic mass is 10.0. The lowest BCUT2D eigenvalue weighted by Gasteiger charge is -2.31. The number of benzene rings is 1. The second kappa shape index (κ2) is 7.46. The fraction of sp³-hybridized carbons (Fsp3) is 0.533. The van der Waals surface area contributed by atoms with Crippen LogP contribution in [0.3, 0.4) is 0 Å². The zero-order valence-electron chi connectivity index (χ0n) is 12.2. The number of nitrogens with two attached hydrogens (primary N) is 1. The molecule has 0 radical (unpaired) electrons. The molecule has 0 aromatic heterocycles. The number of ether oxygens (including phenoxy) is 1. The number of hydrogen-bond donors (Lipinski definition) is 1. The molecule has 0 bridgehead atoms.